The Bertz CT molecular complexity index is 845. The van der Waals surface area contributed by atoms with E-state index in [1.54, 1.807) is 24.3 Å². The smallest absolute Gasteiger partial charge is 0.215 e. The molecule has 2 N–H and O–H groups in total. The van der Waals surface area contributed by atoms with Gasteiger partial charge in [0.05, 0.1) is 17.0 Å². The van der Waals surface area contributed by atoms with Crippen LogP contribution < -0.4 is 10.0 Å². The van der Waals surface area contributed by atoms with Gasteiger partial charge in [0, 0.05) is 11.6 Å². The summed E-state index contributed by atoms with van der Waals surface area (Å²) in [6, 6.07) is 14.4. The monoisotopic (exact) mass is 349 g/mol. The van der Waals surface area contributed by atoms with Crippen molar-refractivity contribution in [3.63, 3.8) is 0 Å². The molecule has 0 heterocycles. The Morgan fingerprint density at radius 3 is 2.61 bits per heavy atom. The number of halogens is 1. The zero-order valence-corrected chi connectivity index (χ0v) is 14.1. The van der Waals surface area contributed by atoms with E-state index in [0.717, 1.165) is 5.56 Å². The number of nitriles is 1. The van der Waals surface area contributed by atoms with E-state index in [1.165, 1.54) is 7.05 Å². The van der Waals surface area contributed by atoms with Crippen molar-refractivity contribution >= 4 is 27.3 Å². The van der Waals surface area contributed by atoms with Crippen molar-refractivity contribution < 1.29 is 8.42 Å². The van der Waals surface area contributed by atoms with Crippen LogP contribution in [0.5, 0.6) is 0 Å². The molecule has 0 saturated heterocycles. The lowest BCUT2D eigenvalue weighted by Gasteiger charge is -2.10. The minimum atomic E-state index is -3.30. The van der Waals surface area contributed by atoms with Crippen LogP contribution in [0, 0.1) is 11.3 Å². The van der Waals surface area contributed by atoms with Crippen molar-refractivity contribution in [2.45, 2.75) is 12.3 Å². The highest BCUT2D eigenvalue weighted by Crippen LogP contribution is 2.20. The fourth-order valence-electron chi connectivity index (χ4n) is 2.08. The maximum atomic E-state index is 11.6. The summed E-state index contributed by atoms with van der Waals surface area (Å²) >= 11 is 5.87. The van der Waals surface area contributed by atoms with Crippen molar-refractivity contribution in [2.75, 3.05) is 12.4 Å². The molecule has 0 amide bonds. The third-order valence-corrected chi connectivity index (χ3v) is 4.81. The van der Waals surface area contributed by atoms with E-state index < -0.39 is 10.0 Å². The first-order valence-corrected chi connectivity index (χ1v) is 8.89. The maximum absolute atomic E-state index is 11.6. The second-order valence-electron chi connectivity index (χ2n) is 4.94. The number of hydrogen-bond acceptors (Lipinski definition) is 4. The van der Waals surface area contributed by atoms with E-state index in [1.807, 2.05) is 18.2 Å². The second kappa shape index (κ2) is 7.47. The third-order valence-electron chi connectivity index (χ3n) is 3.24. The predicted octanol–water partition coefficient (Wildman–Crippen LogP) is 2.87. The van der Waals surface area contributed by atoms with Gasteiger partial charge >= 0.3 is 0 Å². The highest BCUT2D eigenvalue weighted by atomic mass is 35.5. The Morgan fingerprint density at radius 1 is 1.17 bits per heavy atom. The summed E-state index contributed by atoms with van der Waals surface area (Å²) in [6.07, 6.45) is 0. The number of nitrogens with one attached hydrogen (secondary N) is 2. The topological polar surface area (TPSA) is 82.0 Å². The number of nitrogens with zero attached hydrogens (tertiary/aromatic N) is 1. The Labute approximate surface area is 141 Å². The summed E-state index contributed by atoms with van der Waals surface area (Å²) < 4.78 is 25.5. The average molecular weight is 350 g/mol. The molecule has 0 bridgehead atoms. The molecule has 2 aromatic rings. The van der Waals surface area contributed by atoms with Crippen molar-refractivity contribution in [3.8, 4) is 6.07 Å². The van der Waals surface area contributed by atoms with Gasteiger partial charge in [-0.3, -0.25) is 0 Å². The van der Waals surface area contributed by atoms with E-state index >= 15 is 0 Å². The summed E-state index contributed by atoms with van der Waals surface area (Å²) in [5, 5.41) is 12.8. The molecule has 0 atom stereocenters. The maximum Gasteiger partial charge on any atom is 0.215 e. The van der Waals surface area contributed by atoms with E-state index in [4.69, 9.17) is 16.9 Å². The zero-order chi connectivity index (χ0) is 16.9. The van der Waals surface area contributed by atoms with Gasteiger partial charge in [-0.2, -0.15) is 5.26 Å². The van der Waals surface area contributed by atoms with Gasteiger partial charge in [0.25, 0.3) is 0 Å². The SMILES string of the molecule is CNS(=O)(=O)Cc1cccc(CNc2ccc(Cl)cc2C#N)c1. The van der Waals surface area contributed by atoms with Crippen molar-refractivity contribution in [2.24, 2.45) is 0 Å². The van der Waals surface area contributed by atoms with E-state index in [9.17, 15) is 8.42 Å². The standard InChI is InChI=1S/C16H16ClN3O2S/c1-19-23(21,22)11-13-4-2-3-12(7-13)10-20-16-6-5-15(17)8-14(16)9-18/h2-8,19-20H,10-11H2,1H3. The molecule has 120 valence electrons. The second-order valence-corrected chi connectivity index (χ2v) is 7.30. The summed E-state index contributed by atoms with van der Waals surface area (Å²) in [4.78, 5) is 0. The summed E-state index contributed by atoms with van der Waals surface area (Å²) in [6.45, 7) is 0.476. The lowest BCUT2D eigenvalue weighted by molar-refractivity contribution is 0.587. The van der Waals surface area contributed by atoms with E-state index in [0.29, 0.717) is 28.4 Å². The quantitative estimate of drug-likeness (QED) is 0.840. The van der Waals surface area contributed by atoms with E-state index in [2.05, 4.69) is 16.1 Å². The van der Waals surface area contributed by atoms with Crippen LogP contribution in [0.4, 0.5) is 5.69 Å². The molecule has 0 fully saturated rings. The molecule has 2 aromatic carbocycles. The fraction of sp³-hybridized carbons (Fsp3) is 0.188. The number of benzene rings is 2. The van der Waals surface area contributed by atoms with Crippen LogP contribution in [0.3, 0.4) is 0 Å². The van der Waals surface area contributed by atoms with Crippen LogP contribution in [0.2, 0.25) is 5.02 Å². The van der Waals surface area contributed by atoms with Gasteiger partial charge in [-0.05, 0) is 36.4 Å². The van der Waals surface area contributed by atoms with Crippen molar-refractivity contribution in [1.82, 2.24) is 4.72 Å². The number of hydrogen-bond donors (Lipinski definition) is 2. The van der Waals surface area contributed by atoms with Crippen molar-refractivity contribution in [1.29, 1.82) is 5.26 Å². The molecule has 0 aliphatic rings. The molecule has 0 unspecified atom stereocenters. The van der Waals surface area contributed by atoms with Gasteiger partial charge in [0.1, 0.15) is 6.07 Å². The molecule has 0 aliphatic heterocycles. The number of anilines is 1. The molecule has 2 rings (SSSR count). The molecule has 7 heteroatoms. The van der Waals surface area contributed by atoms with Gasteiger partial charge in [-0.1, -0.05) is 35.9 Å². The van der Waals surface area contributed by atoms with Crippen LogP contribution in [0.1, 0.15) is 16.7 Å². The van der Waals surface area contributed by atoms with Gasteiger partial charge in [-0.15, -0.1) is 0 Å². The van der Waals surface area contributed by atoms with Gasteiger partial charge in [0.2, 0.25) is 10.0 Å². The van der Waals surface area contributed by atoms with E-state index in [-0.39, 0.29) is 5.75 Å². The Hall–Kier alpha value is -2.07. The van der Waals surface area contributed by atoms with Crippen LogP contribution in [0.25, 0.3) is 0 Å². The Balaban J connectivity index is 2.12. The van der Waals surface area contributed by atoms with Gasteiger partial charge in [0.15, 0.2) is 0 Å². The minimum Gasteiger partial charge on any atom is -0.380 e. The highest BCUT2D eigenvalue weighted by molar-refractivity contribution is 7.88. The molecule has 0 spiro atoms. The first-order chi connectivity index (χ1) is 10.9. The largest absolute Gasteiger partial charge is 0.380 e. The molecule has 0 aromatic heterocycles. The lowest BCUT2D eigenvalue weighted by Crippen LogP contribution is -2.20. The highest BCUT2D eigenvalue weighted by Gasteiger charge is 2.09. The summed E-state index contributed by atoms with van der Waals surface area (Å²) in [5.74, 6) is -0.0677. The molecular weight excluding hydrogens is 334 g/mol. The first kappa shape index (κ1) is 17.3. The summed E-state index contributed by atoms with van der Waals surface area (Å²) in [5.41, 5.74) is 2.78. The lowest BCUT2D eigenvalue weighted by atomic mass is 10.1. The summed E-state index contributed by atoms with van der Waals surface area (Å²) in [7, 11) is -1.91. The van der Waals surface area contributed by atoms with Gasteiger partial charge < -0.3 is 5.32 Å². The molecule has 5 nitrogen and oxygen atoms in total. The Kier molecular flexibility index (Phi) is 5.61. The fourth-order valence-corrected chi connectivity index (χ4v) is 3.02. The molecule has 0 radical (unpaired) electrons. The van der Waals surface area contributed by atoms with Crippen LogP contribution in [-0.4, -0.2) is 15.5 Å². The average Bonchev–Trinajstić information content (AvgIpc) is 2.53. The van der Waals surface area contributed by atoms with Crippen molar-refractivity contribution in [3.05, 3.63) is 64.2 Å². The Morgan fingerprint density at radius 2 is 1.91 bits per heavy atom. The molecular formula is C16H16ClN3O2S. The number of rotatable bonds is 6. The third kappa shape index (κ3) is 4.96. The predicted molar refractivity (Wildman–Crippen MR) is 91.6 cm³/mol. The number of sulfonamides is 1. The van der Waals surface area contributed by atoms with Gasteiger partial charge in [-0.25, -0.2) is 13.1 Å². The molecule has 0 aliphatic carbocycles. The molecule has 0 saturated carbocycles. The normalized spacial score (nSPS) is 11.0. The zero-order valence-electron chi connectivity index (χ0n) is 12.5. The first-order valence-electron chi connectivity index (χ1n) is 6.86. The van der Waals surface area contributed by atoms with Crippen LogP contribution in [-0.2, 0) is 22.3 Å². The van der Waals surface area contributed by atoms with Crippen LogP contribution in [0.15, 0.2) is 42.5 Å². The minimum absolute atomic E-state index is 0.0677. The van der Waals surface area contributed by atoms with Crippen LogP contribution >= 0.6 is 11.6 Å². The molecule has 23 heavy (non-hydrogen) atoms.